The van der Waals surface area contributed by atoms with Crippen molar-refractivity contribution in [2.45, 2.75) is 58.2 Å². The van der Waals surface area contributed by atoms with Gasteiger partial charge in [-0.05, 0) is 51.0 Å². The van der Waals surface area contributed by atoms with Crippen LogP contribution in [0.25, 0.3) is 0 Å². The van der Waals surface area contributed by atoms with Crippen molar-refractivity contribution in [2.24, 2.45) is 0 Å². The largest absolute Gasteiger partial charge is 0.444 e. The Morgan fingerprint density at radius 1 is 1.31 bits per heavy atom. The van der Waals surface area contributed by atoms with Gasteiger partial charge in [-0.15, -0.1) is 11.6 Å². The molecular weight excluding hydrogens is 417 g/mol. The number of halogens is 2. The average molecular weight is 444 g/mol. The second-order valence-corrected chi connectivity index (χ2v) is 8.60. The zero-order valence-electron chi connectivity index (χ0n) is 17.1. The normalized spacial score (nSPS) is 16.8. The van der Waals surface area contributed by atoms with E-state index in [0.29, 0.717) is 30.1 Å². The van der Waals surface area contributed by atoms with Gasteiger partial charge in [0.15, 0.2) is 0 Å². The quantitative estimate of drug-likeness (QED) is 0.660. The van der Waals surface area contributed by atoms with Crippen LogP contribution < -0.4 is 15.5 Å². The summed E-state index contributed by atoms with van der Waals surface area (Å²) in [4.78, 5) is 39.6. The van der Waals surface area contributed by atoms with Gasteiger partial charge in [-0.1, -0.05) is 18.5 Å². The topological polar surface area (TPSA) is 87.7 Å². The van der Waals surface area contributed by atoms with E-state index < -0.39 is 23.8 Å². The lowest BCUT2D eigenvalue weighted by Crippen LogP contribution is -2.55. The van der Waals surface area contributed by atoms with Crippen LogP contribution in [0, 0.1) is 0 Å². The molecule has 1 aliphatic rings. The first-order valence-electron chi connectivity index (χ1n) is 9.52. The molecule has 7 nitrogen and oxygen atoms in total. The summed E-state index contributed by atoms with van der Waals surface area (Å²) in [6, 6.07) is 3.55. The fourth-order valence-corrected chi connectivity index (χ4v) is 3.44. The van der Waals surface area contributed by atoms with Crippen LogP contribution in [-0.2, 0) is 20.7 Å². The van der Waals surface area contributed by atoms with Crippen LogP contribution >= 0.6 is 23.2 Å². The van der Waals surface area contributed by atoms with Crippen LogP contribution in [0.15, 0.2) is 18.2 Å². The Balaban J connectivity index is 2.28. The van der Waals surface area contributed by atoms with E-state index in [-0.39, 0.29) is 17.7 Å². The summed E-state index contributed by atoms with van der Waals surface area (Å²) >= 11 is 11.8. The molecule has 0 saturated heterocycles. The lowest BCUT2D eigenvalue weighted by molar-refractivity contribution is -0.127. The smallest absolute Gasteiger partial charge is 0.408 e. The molecule has 0 spiro atoms. The Kier molecular flexibility index (Phi) is 7.77. The Morgan fingerprint density at radius 3 is 2.59 bits per heavy atom. The number of carbonyl (C=O) groups excluding carboxylic acids is 3. The van der Waals surface area contributed by atoms with E-state index in [9.17, 15) is 14.4 Å². The molecule has 160 valence electrons. The first-order valence-corrected chi connectivity index (χ1v) is 10.4. The number of nitrogens with zero attached hydrogens (tertiary/aromatic N) is 1. The zero-order chi connectivity index (χ0) is 21.8. The Hall–Kier alpha value is -1.99. The second kappa shape index (κ2) is 9.67. The van der Waals surface area contributed by atoms with Gasteiger partial charge in [0.1, 0.15) is 17.7 Å². The monoisotopic (exact) mass is 443 g/mol. The zero-order valence-corrected chi connectivity index (χ0v) is 18.6. The molecule has 0 radical (unpaired) electrons. The van der Waals surface area contributed by atoms with Gasteiger partial charge in [0.2, 0.25) is 11.8 Å². The summed E-state index contributed by atoms with van der Waals surface area (Å²) < 4.78 is 5.26. The summed E-state index contributed by atoms with van der Waals surface area (Å²) in [5, 5.41) is 5.87. The Labute approximate surface area is 181 Å². The van der Waals surface area contributed by atoms with Crippen molar-refractivity contribution in [3.63, 3.8) is 0 Å². The Morgan fingerprint density at radius 2 is 2.00 bits per heavy atom. The fourth-order valence-electron chi connectivity index (χ4n) is 3.15. The van der Waals surface area contributed by atoms with Crippen molar-refractivity contribution in [3.05, 3.63) is 28.8 Å². The summed E-state index contributed by atoms with van der Waals surface area (Å²) in [5.74, 6) is -0.424. The van der Waals surface area contributed by atoms with Gasteiger partial charge in [-0.25, -0.2) is 4.79 Å². The molecule has 0 bridgehead atoms. The molecule has 1 heterocycles. The minimum absolute atomic E-state index is 0.267. The number of rotatable bonds is 6. The summed E-state index contributed by atoms with van der Waals surface area (Å²) in [7, 11) is 0. The molecule has 3 amide bonds. The minimum atomic E-state index is -0.838. The SMILES string of the molecule is CC[C@H](NC(=O)OC(C)(C)C)C(=O)N1c2ccc(Cl)cc2C[C@H]1C(=O)NCCCl. The molecule has 2 N–H and O–H groups in total. The van der Waals surface area contributed by atoms with Crippen molar-refractivity contribution in [1.29, 1.82) is 0 Å². The van der Waals surface area contributed by atoms with Crippen molar-refractivity contribution in [1.82, 2.24) is 10.6 Å². The summed E-state index contributed by atoms with van der Waals surface area (Å²) in [6.45, 7) is 7.30. The standard InChI is InChI=1S/C20H27Cl2N3O4/c1-5-14(24-19(28)29-20(2,3)4)18(27)25-15-7-6-13(22)10-12(15)11-16(25)17(26)23-9-8-21/h6-7,10,14,16H,5,8-9,11H2,1-4H3,(H,23,26)(H,24,28)/t14-,16-/m0/s1. The maximum absolute atomic E-state index is 13.3. The van der Waals surface area contributed by atoms with E-state index in [4.69, 9.17) is 27.9 Å². The third kappa shape index (κ3) is 6.00. The van der Waals surface area contributed by atoms with E-state index in [2.05, 4.69) is 10.6 Å². The van der Waals surface area contributed by atoms with Gasteiger partial charge in [0.05, 0.1) is 0 Å². The van der Waals surface area contributed by atoms with E-state index in [1.165, 1.54) is 4.90 Å². The van der Waals surface area contributed by atoms with Crippen molar-refractivity contribution >= 4 is 46.8 Å². The van der Waals surface area contributed by atoms with Crippen molar-refractivity contribution < 1.29 is 19.1 Å². The summed E-state index contributed by atoms with van der Waals surface area (Å²) in [6.07, 6.45) is -0.0112. The predicted octanol–water partition coefficient (Wildman–Crippen LogP) is 3.26. The minimum Gasteiger partial charge on any atom is -0.444 e. The van der Waals surface area contributed by atoms with Crippen molar-refractivity contribution in [2.75, 3.05) is 17.3 Å². The number of carbonyl (C=O) groups is 3. The van der Waals surface area contributed by atoms with Gasteiger partial charge >= 0.3 is 6.09 Å². The predicted molar refractivity (Wildman–Crippen MR) is 114 cm³/mol. The number of ether oxygens (including phenoxy) is 1. The summed E-state index contributed by atoms with van der Waals surface area (Å²) in [5.41, 5.74) is 0.714. The molecule has 0 aromatic heterocycles. The van der Waals surface area contributed by atoms with Gasteiger partial charge in [-0.2, -0.15) is 0 Å². The number of hydrogen-bond acceptors (Lipinski definition) is 4. The fraction of sp³-hybridized carbons (Fsp3) is 0.550. The number of anilines is 1. The van der Waals surface area contributed by atoms with Crippen LogP contribution in [-0.4, -0.2) is 48.0 Å². The average Bonchev–Trinajstić information content (AvgIpc) is 3.00. The first kappa shape index (κ1) is 23.3. The molecule has 0 aliphatic carbocycles. The van der Waals surface area contributed by atoms with Crippen LogP contribution in [0.1, 0.15) is 39.7 Å². The number of amides is 3. The highest BCUT2D eigenvalue weighted by molar-refractivity contribution is 6.30. The van der Waals surface area contributed by atoms with E-state index in [1.807, 2.05) is 0 Å². The number of alkyl carbamates (subject to hydrolysis) is 1. The van der Waals surface area contributed by atoms with E-state index in [1.54, 1.807) is 45.9 Å². The molecule has 29 heavy (non-hydrogen) atoms. The number of benzene rings is 1. The molecule has 1 aromatic rings. The molecule has 9 heteroatoms. The molecule has 0 unspecified atom stereocenters. The van der Waals surface area contributed by atoms with Crippen LogP contribution in [0.2, 0.25) is 5.02 Å². The van der Waals surface area contributed by atoms with E-state index >= 15 is 0 Å². The Bertz CT molecular complexity index is 779. The van der Waals surface area contributed by atoms with E-state index in [0.717, 1.165) is 5.56 Å². The highest BCUT2D eigenvalue weighted by atomic mass is 35.5. The van der Waals surface area contributed by atoms with Crippen LogP contribution in [0.4, 0.5) is 10.5 Å². The highest BCUT2D eigenvalue weighted by Gasteiger charge is 2.41. The van der Waals surface area contributed by atoms with Gasteiger partial charge in [0, 0.05) is 29.6 Å². The molecule has 0 saturated carbocycles. The highest BCUT2D eigenvalue weighted by Crippen LogP contribution is 2.35. The maximum atomic E-state index is 13.3. The number of fused-ring (bicyclic) bond motifs is 1. The third-order valence-corrected chi connectivity index (χ3v) is 4.78. The van der Waals surface area contributed by atoms with Gasteiger partial charge < -0.3 is 15.4 Å². The van der Waals surface area contributed by atoms with Crippen molar-refractivity contribution in [3.8, 4) is 0 Å². The maximum Gasteiger partial charge on any atom is 0.408 e. The third-order valence-electron chi connectivity index (χ3n) is 4.36. The molecule has 1 aromatic carbocycles. The lowest BCUT2D eigenvalue weighted by Gasteiger charge is -2.29. The number of nitrogens with one attached hydrogen (secondary N) is 2. The second-order valence-electron chi connectivity index (χ2n) is 7.79. The molecular formula is C20H27Cl2N3O4. The van der Waals surface area contributed by atoms with Gasteiger partial charge in [-0.3, -0.25) is 14.5 Å². The molecule has 0 fully saturated rings. The number of hydrogen-bond donors (Lipinski definition) is 2. The van der Waals surface area contributed by atoms with Crippen LogP contribution in [0.5, 0.6) is 0 Å². The number of alkyl halides is 1. The first-order chi connectivity index (χ1) is 13.6. The van der Waals surface area contributed by atoms with Gasteiger partial charge in [0.25, 0.3) is 0 Å². The molecule has 1 aliphatic heterocycles. The molecule has 2 atom stereocenters. The molecule has 2 rings (SSSR count). The van der Waals surface area contributed by atoms with Crippen LogP contribution in [0.3, 0.4) is 0 Å². The lowest BCUT2D eigenvalue weighted by atomic mass is 10.1.